The van der Waals surface area contributed by atoms with Crippen molar-refractivity contribution in [1.82, 2.24) is 9.80 Å². The fraction of sp³-hybridized carbons (Fsp3) is 0.727. The van der Waals surface area contributed by atoms with Crippen molar-refractivity contribution in [3.8, 4) is 0 Å². The number of hydrogen-bond acceptors (Lipinski definition) is 3. The van der Waals surface area contributed by atoms with Crippen LogP contribution in [0.3, 0.4) is 0 Å². The van der Waals surface area contributed by atoms with Crippen LogP contribution in [0.2, 0.25) is 0 Å². The lowest BCUT2D eigenvalue weighted by molar-refractivity contribution is -0.157. The van der Waals surface area contributed by atoms with E-state index in [1.54, 1.807) is 13.8 Å². The van der Waals surface area contributed by atoms with Gasteiger partial charge in [-0.15, -0.1) is 11.6 Å². The van der Waals surface area contributed by atoms with Crippen LogP contribution in [0.15, 0.2) is 0 Å². The van der Waals surface area contributed by atoms with Crippen molar-refractivity contribution in [2.45, 2.75) is 19.9 Å². The predicted octanol–water partition coefficient (Wildman–Crippen LogP) is 0.00520. The number of piperazine rings is 1. The topological polar surface area (TPSA) is 77.9 Å². The Hall–Kier alpha value is -1.30. The second kappa shape index (κ2) is 6.04. The number of rotatable bonds is 4. The number of halogens is 1. The highest BCUT2D eigenvalue weighted by Gasteiger charge is 2.36. The van der Waals surface area contributed by atoms with Gasteiger partial charge in [-0.25, -0.2) is 4.79 Å². The SMILES string of the molecule is CC(C)C(C(=O)O)N1CCN(C(=O)CCl)CC1=O. The number of carboxylic acid groups (broad SMARTS) is 1. The Morgan fingerprint density at radius 1 is 1.39 bits per heavy atom. The number of carboxylic acids is 1. The molecule has 0 aromatic heterocycles. The minimum Gasteiger partial charge on any atom is -0.480 e. The van der Waals surface area contributed by atoms with Crippen molar-refractivity contribution in [3.63, 3.8) is 0 Å². The first-order valence-electron chi connectivity index (χ1n) is 5.74. The standard InChI is InChI=1S/C11H17ClN2O4/c1-7(2)10(11(17)18)14-4-3-13(6-9(14)16)8(15)5-12/h7,10H,3-6H2,1-2H3,(H,17,18). The first kappa shape index (κ1) is 14.8. The quantitative estimate of drug-likeness (QED) is 0.734. The van der Waals surface area contributed by atoms with Gasteiger partial charge in [-0.2, -0.15) is 0 Å². The number of nitrogens with zero attached hydrogens (tertiary/aromatic N) is 2. The maximum absolute atomic E-state index is 11.9. The summed E-state index contributed by atoms with van der Waals surface area (Å²) in [6.07, 6.45) is 0. The molecule has 1 unspecified atom stereocenters. The zero-order chi connectivity index (χ0) is 13.9. The molecule has 1 atom stereocenters. The Balaban J connectivity index is 2.75. The number of amides is 2. The number of hydrogen-bond donors (Lipinski definition) is 1. The van der Waals surface area contributed by atoms with Crippen molar-refractivity contribution in [2.75, 3.05) is 25.5 Å². The van der Waals surface area contributed by atoms with E-state index in [2.05, 4.69) is 0 Å². The zero-order valence-electron chi connectivity index (χ0n) is 10.4. The van der Waals surface area contributed by atoms with Gasteiger partial charge in [-0.3, -0.25) is 9.59 Å². The van der Waals surface area contributed by atoms with Gasteiger partial charge in [0.25, 0.3) is 0 Å². The van der Waals surface area contributed by atoms with E-state index in [0.29, 0.717) is 6.54 Å². The molecule has 1 saturated heterocycles. The Labute approximate surface area is 110 Å². The fourth-order valence-corrected chi connectivity index (χ4v) is 2.23. The van der Waals surface area contributed by atoms with Gasteiger partial charge in [0.2, 0.25) is 11.8 Å². The third-order valence-corrected chi connectivity index (χ3v) is 3.17. The molecule has 2 amide bonds. The Bertz CT molecular complexity index is 359. The monoisotopic (exact) mass is 276 g/mol. The number of carbonyl (C=O) groups excluding carboxylic acids is 2. The molecular weight excluding hydrogens is 260 g/mol. The number of carbonyl (C=O) groups is 3. The molecule has 0 bridgehead atoms. The van der Waals surface area contributed by atoms with Crippen molar-refractivity contribution in [2.24, 2.45) is 5.92 Å². The minimum absolute atomic E-state index is 0.0952. The summed E-state index contributed by atoms with van der Waals surface area (Å²) in [6.45, 7) is 3.97. The van der Waals surface area contributed by atoms with E-state index in [9.17, 15) is 14.4 Å². The van der Waals surface area contributed by atoms with E-state index < -0.39 is 12.0 Å². The van der Waals surface area contributed by atoms with Gasteiger partial charge in [0.05, 0.1) is 6.54 Å². The van der Waals surface area contributed by atoms with Crippen LogP contribution >= 0.6 is 11.6 Å². The van der Waals surface area contributed by atoms with E-state index in [-0.39, 0.29) is 36.7 Å². The van der Waals surface area contributed by atoms with Crippen molar-refractivity contribution >= 4 is 29.4 Å². The van der Waals surface area contributed by atoms with Crippen LogP contribution in [-0.4, -0.2) is 64.2 Å². The van der Waals surface area contributed by atoms with Gasteiger partial charge in [-0.05, 0) is 5.92 Å². The molecule has 0 aromatic carbocycles. The average molecular weight is 277 g/mol. The smallest absolute Gasteiger partial charge is 0.326 e. The van der Waals surface area contributed by atoms with Crippen LogP contribution in [0.1, 0.15) is 13.8 Å². The van der Waals surface area contributed by atoms with Crippen LogP contribution in [0.25, 0.3) is 0 Å². The number of alkyl halides is 1. The molecule has 0 aliphatic carbocycles. The summed E-state index contributed by atoms with van der Waals surface area (Å²) >= 11 is 5.42. The van der Waals surface area contributed by atoms with E-state index in [0.717, 1.165) is 0 Å². The summed E-state index contributed by atoms with van der Waals surface area (Å²) in [5.74, 6) is -2.01. The van der Waals surface area contributed by atoms with Crippen molar-refractivity contribution in [1.29, 1.82) is 0 Å². The van der Waals surface area contributed by atoms with Gasteiger partial charge in [0.1, 0.15) is 11.9 Å². The minimum atomic E-state index is -1.02. The van der Waals surface area contributed by atoms with E-state index >= 15 is 0 Å². The zero-order valence-corrected chi connectivity index (χ0v) is 11.2. The fourth-order valence-electron chi connectivity index (χ4n) is 2.06. The van der Waals surface area contributed by atoms with Gasteiger partial charge >= 0.3 is 5.97 Å². The van der Waals surface area contributed by atoms with Crippen LogP contribution in [-0.2, 0) is 14.4 Å². The van der Waals surface area contributed by atoms with E-state index in [1.807, 2.05) is 0 Å². The highest BCUT2D eigenvalue weighted by Crippen LogP contribution is 2.15. The maximum atomic E-state index is 11.9. The second-order valence-electron chi connectivity index (χ2n) is 4.56. The third kappa shape index (κ3) is 3.13. The first-order chi connectivity index (χ1) is 8.38. The Morgan fingerprint density at radius 3 is 2.39 bits per heavy atom. The molecule has 102 valence electrons. The van der Waals surface area contributed by atoms with Crippen molar-refractivity contribution in [3.05, 3.63) is 0 Å². The van der Waals surface area contributed by atoms with Crippen LogP contribution in [0.4, 0.5) is 0 Å². The Kier molecular flexibility index (Phi) is 4.95. The lowest BCUT2D eigenvalue weighted by Gasteiger charge is -2.38. The summed E-state index contributed by atoms with van der Waals surface area (Å²) in [6, 6.07) is -0.842. The van der Waals surface area contributed by atoms with Gasteiger partial charge in [0.15, 0.2) is 0 Å². The molecular formula is C11H17ClN2O4. The molecule has 0 spiro atoms. The molecule has 18 heavy (non-hydrogen) atoms. The lowest BCUT2D eigenvalue weighted by atomic mass is 10.0. The molecule has 1 heterocycles. The normalized spacial score (nSPS) is 18.1. The highest BCUT2D eigenvalue weighted by molar-refractivity contribution is 6.27. The summed E-state index contributed by atoms with van der Waals surface area (Å²) in [5, 5.41) is 9.14. The van der Waals surface area contributed by atoms with Crippen LogP contribution in [0, 0.1) is 5.92 Å². The molecule has 0 radical (unpaired) electrons. The van der Waals surface area contributed by atoms with Crippen LogP contribution < -0.4 is 0 Å². The Morgan fingerprint density at radius 2 is 2.00 bits per heavy atom. The number of aliphatic carboxylic acids is 1. The van der Waals surface area contributed by atoms with Gasteiger partial charge in [0, 0.05) is 13.1 Å². The highest BCUT2D eigenvalue weighted by atomic mass is 35.5. The third-order valence-electron chi connectivity index (χ3n) is 2.94. The molecule has 7 heteroatoms. The summed E-state index contributed by atoms with van der Waals surface area (Å²) in [5.41, 5.74) is 0. The molecule has 1 aliphatic heterocycles. The predicted molar refractivity (Wildman–Crippen MR) is 65.3 cm³/mol. The summed E-state index contributed by atoms with van der Waals surface area (Å²) < 4.78 is 0. The van der Waals surface area contributed by atoms with E-state index in [1.165, 1.54) is 9.80 Å². The summed E-state index contributed by atoms with van der Waals surface area (Å²) in [7, 11) is 0. The van der Waals surface area contributed by atoms with Gasteiger partial charge in [-0.1, -0.05) is 13.8 Å². The molecule has 0 saturated carbocycles. The molecule has 6 nitrogen and oxygen atoms in total. The molecule has 0 aromatic rings. The van der Waals surface area contributed by atoms with Crippen molar-refractivity contribution < 1.29 is 19.5 Å². The average Bonchev–Trinajstić information content (AvgIpc) is 2.29. The van der Waals surface area contributed by atoms with E-state index in [4.69, 9.17) is 16.7 Å². The molecule has 1 fully saturated rings. The first-order valence-corrected chi connectivity index (χ1v) is 6.28. The molecule has 1 N–H and O–H groups in total. The molecule has 1 aliphatic rings. The largest absolute Gasteiger partial charge is 0.480 e. The molecule has 1 rings (SSSR count). The summed E-state index contributed by atoms with van der Waals surface area (Å²) in [4.78, 5) is 37.1. The van der Waals surface area contributed by atoms with Gasteiger partial charge < -0.3 is 14.9 Å². The second-order valence-corrected chi connectivity index (χ2v) is 4.83. The maximum Gasteiger partial charge on any atom is 0.326 e. The lowest BCUT2D eigenvalue weighted by Crippen LogP contribution is -2.58. The van der Waals surface area contributed by atoms with Crippen LogP contribution in [0.5, 0.6) is 0 Å².